The average molecular weight is 1230 g/mol. The van der Waals surface area contributed by atoms with Crippen LogP contribution in [0.2, 0.25) is 0 Å². The van der Waals surface area contributed by atoms with E-state index in [0.29, 0.717) is 25.7 Å². The molecule has 0 aliphatic carbocycles. The first-order valence-corrected chi connectivity index (χ1v) is 36.5. The van der Waals surface area contributed by atoms with Gasteiger partial charge in [0.1, 0.15) is 19.3 Å². The molecule has 0 aromatic heterocycles. The number of unbranched alkanes of at least 4 members (excludes halogenated alkanes) is 33. The summed E-state index contributed by atoms with van der Waals surface area (Å²) in [6, 6.07) is 0. The molecular formula is C64H124O17P2. The number of aliphatic hydroxyl groups is 1. The first-order valence-electron chi connectivity index (χ1n) is 33.5. The SMILES string of the molecule is CCCCCCCC(=O)OC[C@H](COP(=O)(O)OC[C@H](O)COP(=O)(O)OC[C@@H](COC(=O)CCCCCCCCCCCCCCC(C)C)OC(=O)CCCCCCCCCCCCCCCCCC(C)C)OC(=O)CCCCCCC. The van der Waals surface area contributed by atoms with Gasteiger partial charge in [-0.25, -0.2) is 9.13 Å². The highest BCUT2D eigenvalue weighted by Gasteiger charge is 2.30. The predicted octanol–water partition coefficient (Wildman–Crippen LogP) is 17.7. The third-order valence-electron chi connectivity index (χ3n) is 14.7. The molecule has 0 rings (SSSR count). The minimum atomic E-state index is -4.94. The summed E-state index contributed by atoms with van der Waals surface area (Å²) in [6.45, 7) is 9.35. The minimum Gasteiger partial charge on any atom is -0.462 e. The second-order valence-electron chi connectivity index (χ2n) is 24.1. The fourth-order valence-corrected chi connectivity index (χ4v) is 11.1. The maximum atomic E-state index is 13.0. The van der Waals surface area contributed by atoms with Gasteiger partial charge in [-0.2, -0.15) is 0 Å². The van der Waals surface area contributed by atoms with Crippen LogP contribution in [0.25, 0.3) is 0 Å². The van der Waals surface area contributed by atoms with Crippen LogP contribution in [0.15, 0.2) is 0 Å². The van der Waals surface area contributed by atoms with Gasteiger partial charge in [0.15, 0.2) is 12.2 Å². The Kier molecular flexibility index (Phi) is 55.2. The van der Waals surface area contributed by atoms with Crippen molar-refractivity contribution in [2.75, 3.05) is 39.6 Å². The monoisotopic (exact) mass is 1230 g/mol. The van der Waals surface area contributed by atoms with Gasteiger partial charge in [0.2, 0.25) is 0 Å². The van der Waals surface area contributed by atoms with Gasteiger partial charge in [-0.3, -0.25) is 37.3 Å². The standard InChI is InChI=1S/C64H124O17P2/c1-7-9-11-32-40-46-61(66)74-52-59(80-63(68)48-42-33-12-10-8-2)54-78-82(70,71)76-50-58(65)51-77-83(72,73)79-55-60(53-75-62(67)47-41-36-30-26-22-19-18-21-25-29-35-39-45-57(5)6)81-64(69)49-43-37-31-27-23-17-15-13-14-16-20-24-28-34-38-44-56(3)4/h56-60,65H,7-55H2,1-6H3,(H,70,71)(H,72,73)/t58-,59+,60+/m0/s1. The van der Waals surface area contributed by atoms with Crippen LogP contribution >= 0.6 is 15.6 Å². The van der Waals surface area contributed by atoms with E-state index in [4.69, 9.17) is 37.0 Å². The van der Waals surface area contributed by atoms with E-state index in [1.165, 1.54) is 128 Å². The first kappa shape index (κ1) is 81.1. The van der Waals surface area contributed by atoms with E-state index in [1.807, 2.05) is 0 Å². The molecular weight excluding hydrogens is 1100 g/mol. The Bertz CT molecular complexity index is 1630. The molecule has 0 heterocycles. The number of rotatable bonds is 63. The van der Waals surface area contributed by atoms with Crippen molar-refractivity contribution in [3.63, 3.8) is 0 Å². The van der Waals surface area contributed by atoms with Gasteiger partial charge in [-0.1, -0.05) is 266 Å². The number of phosphoric ester groups is 2. The van der Waals surface area contributed by atoms with Gasteiger partial charge in [0.25, 0.3) is 0 Å². The number of carbonyl (C=O) groups excluding carboxylic acids is 4. The van der Waals surface area contributed by atoms with E-state index in [-0.39, 0.29) is 25.7 Å². The minimum absolute atomic E-state index is 0.0987. The van der Waals surface area contributed by atoms with E-state index >= 15 is 0 Å². The molecule has 492 valence electrons. The second-order valence-corrected chi connectivity index (χ2v) is 27.0. The molecule has 0 spiro atoms. The van der Waals surface area contributed by atoms with Crippen LogP contribution in [-0.2, 0) is 65.4 Å². The van der Waals surface area contributed by atoms with E-state index in [9.17, 15) is 43.2 Å². The van der Waals surface area contributed by atoms with Gasteiger partial charge in [0.05, 0.1) is 26.4 Å². The average Bonchev–Trinajstić information content (AvgIpc) is 3.47. The lowest BCUT2D eigenvalue weighted by Crippen LogP contribution is -2.30. The van der Waals surface area contributed by atoms with E-state index < -0.39 is 97.5 Å². The quantitative estimate of drug-likeness (QED) is 0.0222. The molecule has 0 bridgehead atoms. The fraction of sp³-hybridized carbons (Fsp3) is 0.938. The van der Waals surface area contributed by atoms with Crippen LogP contribution in [0.1, 0.15) is 318 Å². The summed E-state index contributed by atoms with van der Waals surface area (Å²) >= 11 is 0. The van der Waals surface area contributed by atoms with Crippen LogP contribution < -0.4 is 0 Å². The Labute approximate surface area is 505 Å². The topological polar surface area (TPSA) is 237 Å². The number of ether oxygens (including phenoxy) is 4. The molecule has 5 atom stereocenters. The van der Waals surface area contributed by atoms with Gasteiger partial charge < -0.3 is 33.8 Å². The number of phosphoric acid groups is 2. The van der Waals surface area contributed by atoms with Crippen LogP contribution in [-0.4, -0.2) is 96.7 Å². The van der Waals surface area contributed by atoms with E-state index in [2.05, 4.69) is 41.5 Å². The number of esters is 4. The molecule has 2 unspecified atom stereocenters. The summed E-state index contributed by atoms with van der Waals surface area (Å²) in [4.78, 5) is 71.7. The lowest BCUT2D eigenvalue weighted by atomic mass is 10.0. The molecule has 0 amide bonds. The van der Waals surface area contributed by atoms with Crippen molar-refractivity contribution in [1.29, 1.82) is 0 Å². The predicted molar refractivity (Wildman–Crippen MR) is 331 cm³/mol. The van der Waals surface area contributed by atoms with Crippen LogP contribution in [0.5, 0.6) is 0 Å². The highest BCUT2D eigenvalue weighted by Crippen LogP contribution is 2.45. The number of aliphatic hydroxyl groups excluding tert-OH is 1. The maximum absolute atomic E-state index is 13.0. The first-order chi connectivity index (χ1) is 39.9. The van der Waals surface area contributed by atoms with Crippen molar-refractivity contribution >= 4 is 39.5 Å². The molecule has 83 heavy (non-hydrogen) atoms. The zero-order chi connectivity index (χ0) is 61.5. The molecule has 0 aliphatic heterocycles. The fourth-order valence-electron chi connectivity index (χ4n) is 9.53. The largest absolute Gasteiger partial charge is 0.472 e. The molecule has 19 heteroatoms. The summed E-state index contributed by atoms with van der Waals surface area (Å²) in [5, 5.41) is 10.5. The van der Waals surface area contributed by atoms with Crippen molar-refractivity contribution in [1.82, 2.24) is 0 Å². The molecule has 0 aromatic rings. The Morgan fingerprint density at radius 1 is 0.325 bits per heavy atom. The molecule has 0 fully saturated rings. The Balaban J connectivity index is 5.09. The molecule has 3 N–H and O–H groups in total. The lowest BCUT2D eigenvalue weighted by Gasteiger charge is -2.21. The molecule has 0 aliphatic rings. The second kappa shape index (κ2) is 56.6. The van der Waals surface area contributed by atoms with Crippen molar-refractivity contribution in [2.24, 2.45) is 11.8 Å². The Hall–Kier alpha value is -1.94. The van der Waals surface area contributed by atoms with Gasteiger partial charge in [-0.05, 0) is 37.5 Å². The van der Waals surface area contributed by atoms with Gasteiger partial charge in [-0.15, -0.1) is 0 Å². The molecule has 0 saturated heterocycles. The van der Waals surface area contributed by atoms with Crippen LogP contribution in [0.3, 0.4) is 0 Å². The summed E-state index contributed by atoms with van der Waals surface area (Å²) in [7, 11) is -9.87. The van der Waals surface area contributed by atoms with E-state index in [1.54, 1.807) is 0 Å². The zero-order valence-electron chi connectivity index (χ0n) is 53.5. The third kappa shape index (κ3) is 58.8. The smallest absolute Gasteiger partial charge is 0.462 e. The highest BCUT2D eigenvalue weighted by atomic mass is 31.2. The summed E-state index contributed by atoms with van der Waals surface area (Å²) in [5.74, 6) is -0.571. The number of hydrogen-bond donors (Lipinski definition) is 3. The van der Waals surface area contributed by atoms with E-state index in [0.717, 1.165) is 108 Å². The zero-order valence-corrected chi connectivity index (χ0v) is 55.3. The molecule has 0 saturated carbocycles. The molecule has 0 radical (unpaired) electrons. The van der Waals surface area contributed by atoms with Crippen LogP contribution in [0, 0.1) is 11.8 Å². The highest BCUT2D eigenvalue weighted by molar-refractivity contribution is 7.47. The Morgan fingerprint density at radius 2 is 0.554 bits per heavy atom. The van der Waals surface area contributed by atoms with Gasteiger partial charge in [0, 0.05) is 25.7 Å². The van der Waals surface area contributed by atoms with Crippen LogP contribution in [0.4, 0.5) is 0 Å². The molecule has 0 aromatic carbocycles. The van der Waals surface area contributed by atoms with Crippen molar-refractivity contribution in [2.45, 2.75) is 336 Å². The number of carbonyl (C=O) groups is 4. The summed E-state index contributed by atoms with van der Waals surface area (Å²) < 4.78 is 67.6. The summed E-state index contributed by atoms with van der Waals surface area (Å²) in [6.07, 6.45) is 39.8. The van der Waals surface area contributed by atoms with Crippen molar-refractivity contribution in [3.8, 4) is 0 Å². The van der Waals surface area contributed by atoms with Crippen molar-refractivity contribution < 1.29 is 80.2 Å². The maximum Gasteiger partial charge on any atom is 0.472 e. The normalized spacial score (nSPS) is 14.3. The third-order valence-corrected chi connectivity index (χ3v) is 16.6. The lowest BCUT2D eigenvalue weighted by molar-refractivity contribution is -0.161. The Morgan fingerprint density at radius 3 is 0.819 bits per heavy atom. The summed E-state index contributed by atoms with van der Waals surface area (Å²) in [5.41, 5.74) is 0. The number of hydrogen-bond acceptors (Lipinski definition) is 15. The molecule has 17 nitrogen and oxygen atoms in total. The van der Waals surface area contributed by atoms with Gasteiger partial charge >= 0.3 is 39.5 Å². The van der Waals surface area contributed by atoms with Crippen molar-refractivity contribution in [3.05, 3.63) is 0 Å².